The lowest BCUT2D eigenvalue weighted by molar-refractivity contribution is -0.150. The predicted octanol–water partition coefficient (Wildman–Crippen LogP) is 2.95. The molecule has 0 aromatic heterocycles. The summed E-state index contributed by atoms with van der Waals surface area (Å²) in [6, 6.07) is 0. The molecule has 0 aliphatic carbocycles. The van der Waals surface area contributed by atoms with Crippen LogP contribution >= 0.6 is 0 Å². The highest BCUT2D eigenvalue weighted by Crippen LogP contribution is 2.13. The normalized spacial score (nSPS) is 13.1. The molecule has 0 N–H and O–H groups in total. The summed E-state index contributed by atoms with van der Waals surface area (Å²) in [6.07, 6.45) is 2.76. The molecule has 3 heteroatoms. The Morgan fingerprint density at radius 1 is 1.31 bits per heavy atom. The van der Waals surface area contributed by atoms with Crippen molar-refractivity contribution >= 4 is 5.97 Å². The maximum Gasteiger partial charge on any atom is 0.336 e. The summed E-state index contributed by atoms with van der Waals surface area (Å²) in [4.78, 5) is 11.8. The van der Waals surface area contributed by atoms with E-state index in [1.54, 1.807) is 7.11 Å². The van der Waals surface area contributed by atoms with Crippen molar-refractivity contribution in [2.24, 2.45) is 5.92 Å². The summed E-state index contributed by atoms with van der Waals surface area (Å²) in [5.74, 6) is 0.240. The SMILES string of the molecule is COCC(=CCC(C)C)C(=O)OC(C)(C)C. The molecule has 0 aliphatic heterocycles. The van der Waals surface area contributed by atoms with Crippen molar-refractivity contribution in [1.82, 2.24) is 0 Å². The topological polar surface area (TPSA) is 35.5 Å². The Hall–Kier alpha value is -0.830. The monoisotopic (exact) mass is 228 g/mol. The fraction of sp³-hybridized carbons (Fsp3) is 0.769. The second kappa shape index (κ2) is 6.69. The molecule has 3 nitrogen and oxygen atoms in total. The summed E-state index contributed by atoms with van der Waals surface area (Å²) >= 11 is 0. The van der Waals surface area contributed by atoms with Crippen LogP contribution in [0, 0.1) is 5.92 Å². The largest absolute Gasteiger partial charge is 0.457 e. The lowest BCUT2D eigenvalue weighted by Gasteiger charge is -2.20. The number of hydrogen-bond acceptors (Lipinski definition) is 3. The molecule has 0 atom stereocenters. The van der Waals surface area contributed by atoms with E-state index in [4.69, 9.17) is 9.47 Å². The first kappa shape index (κ1) is 15.2. The Balaban J connectivity index is 4.52. The van der Waals surface area contributed by atoms with Crippen LogP contribution in [0.15, 0.2) is 11.6 Å². The molecule has 0 aromatic rings. The number of carbonyl (C=O) groups is 1. The van der Waals surface area contributed by atoms with Crippen molar-refractivity contribution < 1.29 is 14.3 Å². The van der Waals surface area contributed by atoms with Gasteiger partial charge in [0.1, 0.15) is 5.60 Å². The van der Waals surface area contributed by atoms with E-state index >= 15 is 0 Å². The van der Waals surface area contributed by atoms with Gasteiger partial charge < -0.3 is 9.47 Å². The van der Waals surface area contributed by atoms with Gasteiger partial charge in [-0.2, -0.15) is 0 Å². The average Bonchev–Trinajstić information content (AvgIpc) is 2.08. The van der Waals surface area contributed by atoms with Crippen LogP contribution in [0.4, 0.5) is 0 Å². The van der Waals surface area contributed by atoms with Crippen molar-refractivity contribution in [3.8, 4) is 0 Å². The smallest absolute Gasteiger partial charge is 0.336 e. The van der Waals surface area contributed by atoms with Crippen molar-refractivity contribution in [2.75, 3.05) is 13.7 Å². The highest BCUT2D eigenvalue weighted by molar-refractivity contribution is 5.89. The predicted molar refractivity (Wildman–Crippen MR) is 65.3 cm³/mol. The number of rotatable bonds is 5. The number of ether oxygens (including phenoxy) is 2. The molecule has 0 saturated heterocycles. The third kappa shape index (κ3) is 7.46. The fourth-order valence-corrected chi connectivity index (χ4v) is 1.08. The Labute approximate surface area is 98.8 Å². The van der Waals surface area contributed by atoms with Crippen LogP contribution in [0.25, 0.3) is 0 Å². The van der Waals surface area contributed by atoms with Crippen molar-refractivity contribution in [3.63, 3.8) is 0 Å². The first-order valence-corrected chi connectivity index (χ1v) is 5.67. The van der Waals surface area contributed by atoms with E-state index in [2.05, 4.69) is 13.8 Å². The van der Waals surface area contributed by atoms with Crippen LogP contribution in [0.2, 0.25) is 0 Å². The zero-order valence-corrected chi connectivity index (χ0v) is 11.3. The van der Waals surface area contributed by atoms with Gasteiger partial charge in [0.25, 0.3) is 0 Å². The third-order valence-electron chi connectivity index (χ3n) is 1.80. The molecule has 0 amide bonds. The highest BCUT2D eigenvalue weighted by Gasteiger charge is 2.19. The Kier molecular flexibility index (Phi) is 6.34. The number of esters is 1. The molecule has 0 rings (SSSR count). The maximum atomic E-state index is 11.8. The second-order valence-electron chi connectivity index (χ2n) is 5.29. The first-order chi connectivity index (χ1) is 7.26. The van der Waals surface area contributed by atoms with Crippen LogP contribution in [0.5, 0.6) is 0 Å². The summed E-state index contributed by atoms with van der Waals surface area (Å²) in [7, 11) is 1.58. The van der Waals surface area contributed by atoms with Crippen LogP contribution in [-0.2, 0) is 14.3 Å². The highest BCUT2D eigenvalue weighted by atomic mass is 16.6. The molecule has 16 heavy (non-hydrogen) atoms. The quantitative estimate of drug-likeness (QED) is 0.536. The van der Waals surface area contributed by atoms with Crippen LogP contribution in [0.1, 0.15) is 41.0 Å². The molecule has 94 valence electrons. The van der Waals surface area contributed by atoms with Gasteiger partial charge in [-0.1, -0.05) is 19.9 Å². The van der Waals surface area contributed by atoms with E-state index in [0.717, 1.165) is 6.42 Å². The minimum Gasteiger partial charge on any atom is -0.457 e. The number of methoxy groups -OCH3 is 1. The van der Waals surface area contributed by atoms with E-state index < -0.39 is 5.60 Å². The molecule has 0 aliphatic rings. The molecular formula is C13H24O3. The lowest BCUT2D eigenvalue weighted by atomic mass is 10.1. The second-order valence-corrected chi connectivity index (χ2v) is 5.29. The zero-order chi connectivity index (χ0) is 12.8. The summed E-state index contributed by atoms with van der Waals surface area (Å²) in [5.41, 5.74) is 0.146. The summed E-state index contributed by atoms with van der Waals surface area (Å²) < 4.78 is 10.3. The lowest BCUT2D eigenvalue weighted by Crippen LogP contribution is -2.26. The van der Waals surface area contributed by atoms with Gasteiger partial charge in [0.05, 0.1) is 12.2 Å². The van der Waals surface area contributed by atoms with E-state index in [1.165, 1.54) is 0 Å². The van der Waals surface area contributed by atoms with Gasteiger partial charge in [-0.05, 0) is 33.1 Å². The van der Waals surface area contributed by atoms with Gasteiger partial charge in [-0.15, -0.1) is 0 Å². The van der Waals surface area contributed by atoms with Crippen molar-refractivity contribution in [2.45, 2.75) is 46.6 Å². The molecule has 0 radical (unpaired) electrons. The Morgan fingerprint density at radius 2 is 1.88 bits per heavy atom. The molecule has 0 heterocycles. The number of allylic oxidation sites excluding steroid dienone is 1. The van der Waals surface area contributed by atoms with Gasteiger partial charge in [0, 0.05) is 7.11 Å². The molecule has 0 aromatic carbocycles. The molecule has 0 saturated carbocycles. The van der Waals surface area contributed by atoms with Crippen LogP contribution < -0.4 is 0 Å². The zero-order valence-electron chi connectivity index (χ0n) is 11.3. The number of carbonyl (C=O) groups excluding carboxylic acids is 1. The third-order valence-corrected chi connectivity index (χ3v) is 1.80. The average molecular weight is 228 g/mol. The molecule has 0 bridgehead atoms. The standard InChI is InChI=1S/C13H24O3/c1-10(2)7-8-11(9-15-6)12(14)16-13(3,4)5/h8,10H,7,9H2,1-6H3. The van der Waals surface area contributed by atoms with E-state index in [0.29, 0.717) is 18.1 Å². The minimum atomic E-state index is -0.457. The number of hydrogen-bond donors (Lipinski definition) is 0. The summed E-state index contributed by atoms with van der Waals surface area (Å²) in [5, 5.41) is 0. The fourth-order valence-electron chi connectivity index (χ4n) is 1.08. The van der Waals surface area contributed by atoms with Crippen LogP contribution in [0.3, 0.4) is 0 Å². The van der Waals surface area contributed by atoms with Crippen LogP contribution in [-0.4, -0.2) is 25.3 Å². The van der Waals surface area contributed by atoms with Crippen molar-refractivity contribution in [1.29, 1.82) is 0 Å². The van der Waals surface area contributed by atoms with Crippen molar-refractivity contribution in [3.05, 3.63) is 11.6 Å². The first-order valence-electron chi connectivity index (χ1n) is 5.67. The minimum absolute atomic E-state index is 0.282. The van der Waals surface area contributed by atoms with Gasteiger partial charge in [0.15, 0.2) is 0 Å². The van der Waals surface area contributed by atoms with E-state index in [9.17, 15) is 4.79 Å². The molecule has 0 fully saturated rings. The summed E-state index contributed by atoms with van der Waals surface area (Å²) in [6.45, 7) is 10.1. The van der Waals surface area contributed by atoms with E-state index in [1.807, 2.05) is 26.8 Å². The Bertz CT molecular complexity index is 246. The maximum absolute atomic E-state index is 11.8. The van der Waals surface area contributed by atoms with Gasteiger partial charge in [0.2, 0.25) is 0 Å². The van der Waals surface area contributed by atoms with Gasteiger partial charge in [-0.25, -0.2) is 4.79 Å². The van der Waals surface area contributed by atoms with E-state index in [-0.39, 0.29) is 5.97 Å². The Morgan fingerprint density at radius 3 is 2.25 bits per heavy atom. The molecule has 0 unspecified atom stereocenters. The molecular weight excluding hydrogens is 204 g/mol. The van der Waals surface area contributed by atoms with Gasteiger partial charge >= 0.3 is 5.97 Å². The van der Waals surface area contributed by atoms with Gasteiger partial charge in [-0.3, -0.25) is 0 Å². The molecule has 0 spiro atoms.